The van der Waals surface area contributed by atoms with Gasteiger partial charge in [0.25, 0.3) is 0 Å². The molecule has 28 heteroatoms. The number of nitrogens with two attached hydrogens (primary N) is 4. The Hall–Kier alpha value is -9.60. The summed E-state index contributed by atoms with van der Waals surface area (Å²) in [5, 5.41) is 37.7. The fourth-order valence-electron chi connectivity index (χ4n) is 6.88. The Morgan fingerprint density at radius 1 is 0.556 bits per heavy atom. The number of nitrogen functional groups attached to an aromatic ring is 1. The predicted octanol–water partition coefficient (Wildman–Crippen LogP) is 6.25. The molecule has 490 valence electrons. The van der Waals surface area contributed by atoms with Crippen LogP contribution in [0.4, 0.5) is 27.6 Å². The van der Waals surface area contributed by atoms with E-state index >= 15 is 0 Å². The van der Waals surface area contributed by atoms with E-state index in [9.17, 15) is 46.7 Å². The maximum absolute atomic E-state index is 13.3. The van der Waals surface area contributed by atoms with Gasteiger partial charge in [-0.3, -0.25) is 35.5 Å². The van der Waals surface area contributed by atoms with Crippen molar-refractivity contribution in [1.82, 2.24) is 31.9 Å². The number of hydrogen-bond acceptors (Lipinski definition) is 15. The topological polar surface area (TPSA) is 404 Å². The summed E-state index contributed by atoms with van der Waals surface area (Å²) in [6, 6.07) is 34.6. The van der Waals surface area contributed by atoms with Gasteiger partial charge < -0.3 is 68.8 Å². The molecular formula is C62H83ClF3N13O11. The summed E-state index contributed by atoms with van der Waals surface area (Å²) in [4.78, 5) is 85.4. The molecule has 6 amide bonds. The molecule has 5 rings (SSSR count). The van der Waals surface area contributed by atoms with Crippen LogP contribution in [0, 0.1) is 10.8 Å². The zero-order chi connectivity index (χ0) is 66.7. The Kier molecular flexibility index (Phi) is 35.5. The average Bonchev–Trinajstić information content (AvgIpc) is 1.82. The first-order valence-corrected chi connectivity index (χ1v) is 27.7. The molecule has 0 aliphatic carbocycles. The van der Waals surface area contributed by atoms with Crippen molar-refractivity contribution in [1.29, 1.82) is 10.8 Å². The summed E-state index contributed by atoms with van der Waals surface area (Å²) in [6.07, 6.45) is -1.58. The molecule has 5 aromatic carbocycles. The van der Waals surface area contributed by atoms with Crippen LogP contribution in [0.15, 0.2) is 138 Å². The number of carbonyl (C=O) groups is 7. The molecule has 17 N–H and O–H groups in total. The number of carboxylic acid groups (broad SMARTS) is 1. The van der Waals surface area contributed by atoms with Gasteiger partial charge in [0.05, 0.1) is 6.04 Å². The van der Waals surface area contributed by atoms with E-state index in [1.54, 1.807) is 97.1 Å². The second kappa shape index (κ2) is 40.8. The molecule has 3 unspecified atom stereocenters. The number of aliphatic carboxylic acids is 1. The summed E-state index contributed by atoms with van der Waals surface area (Å²) < 4.78 is 53.4. The molecule has 24 nitrogen and oxygen atoms in total. The zero-order valence-corrected chi connectivity index (χ0v) is 52.0. The average molecular weight is 1280 g/mol. The highest BCUT2D eigenvalue weighted by atomic mass is 35.5. The minimum atomic E-state index is -1.55. The molecule has 0 saturated carbocycles. The third-order valence-corrected chi connectivity index (χ3v) is 11.6. The van der Waals surface area contributed by atoms with Gasteiger partial charge in [-0.1, -0.05) is 133 Å². The third kappa shape index (κ3) is 32.4. The van der Waals surface area contributed by atoms with Gasteiger partial charge in [0.1, 0.15) is 67.4 Å². The molecule has 0 fully saturated rings. The molecule has 90 heavy (non-hydrogen) atoms. The summed E-state index contributed by atoms with van der Waals surface area (Å²) in [7, 11) is 1.67. The van der Waals surface area contributed by atoms with E-state index in [4.69, 9.17) is 53.1 Å². The number of aryl methyl sites for hydroxylation is 1. The molecule has 5 aromatic rings. The number of halogens is 4. The maximum Gasteiger partial charge on any atom is 0.413 e. The molecule has 0 heterocycles. The van der Waals surface area contributed by atoms with E-state index in [1.807, 2.05) is 90.2 Å². The van der Waals surface area contributed by atoms with Crippen LogP contribution >= 0.6 is 12.4 Å². The van der Waals surface area contributed by atoms with E-state index in [-0.39, 0.29) is 43.8 Å². The molecule has 0 spiro atoms. The molecule has 4 atom stereocenters. The quantitative estimate of drug-likeness (QED) is 0.0195. The normalized spacial score (nSPS) is 12.1. The monoisotopic (exact) mass is 1280 g/mol. The van der Waals surface area contributed by atoms with Crippen LogP contribution in [0.1, 0.15) is 92.5 Å². The zero-order valence-electron chi connectivity index (χ0n) is 51.2. The number of alkyl halides is 3. The van der Waals surface area contributed by atoms with Crippen molar-refractivity contribution < 1.29 is 66.1 Å². The highest BCUT2D eigenvalue weighted by molar-refractivity contribution is 6.04. The van der Waals surface area contributed by atoms with E-state index in [2.05, 4.69) is 31.6 Å². The third-order valence-electron chi connectivity index (χ3n) is 11.6. The SMILES string of the molecule is CC(C)(C)OC(=O)NC(CF)C(=O)NCc1ccc(C(=N)NC(=O)OCc2ccccc2)cc1.CC(C)(C)OC(=O)NC(CF)C(=O)O.CN=C(N)c1ccc(CN)cc1.Cl.N=C(N)c1ccc(CNC(=O)C(CF)NC(=O)[C@H](N)CCc2ccccc2)cc1. The second-order valence-electron chi connectivity index (χ2n) is 21.2. The van der Waals surface area contributed by atoms with Crippen molar-refractivity contribution in [3.63, 3.8) is 0 Å². The van der Waals surface area contributed by atoms with Gasteiger partial charge in [0.2, 0.25) is 17.7 Å². The number of ether oxygens (including phenoxy) is 3. The van der Waals surface area contributed by atoms with Crippen LogP contribution in [-0.4, -0.2) is 127 Å². The number of aliphatic imine (C=N–C) groups is 1. The largest absolute Gasteiger partial charge is 0.480 e. The molecule has 0 saturated heterocycles. The summed E-state index contributed by atoms with van der Waals surface area (Å²) in [6.45, 7) is 7.41. The molecule has 0 radical (unpaired) electrons. The van der Waals surface area contributed by atoms with E-state index in [0.717, 1.165) is 27.8 Å². The van der Waals surface area contributed by atoms with E-state index in [0.29, 0.717) is 41.9 Å². The van der Waals surface area contributed by atoms with Crippen LogP contribution in [-0.2, 0) is 66.1 Å². The fraction of sp³-hybridized carbons (Fsp3) is 0.355. The molecule has 0 aliphatic heterocycles. The minimum Gasteiger partial charge on any atom is -0.480 e. The lowest BCUT2D eigenvalue weighted by Crippen LogP contribution is -2.52. The van der Waals surface area contributed by atoms with Gasteiger partial charge in [0.15, 0.2) is 6.04 Å². The van der Waals surface area contributed by atoms with Gasteiger partial charge in [-0.2, -0.15) is 0 Å². The fourth-order valence-corrected chi connectivity index (χ4v) is 6.88. The van der Waals surface area contributed by atoms with Crippen molar-refractivity contribution >= 4 is 71.9 Å². The first-order valence-electron chi connectivity index (χ1n) is 27.7. The smallest absolute Gasteiger partial charge is 0.413 e. The van der Waals surface area contributed by atoms with E-state index < -0.39 is 97.4 Å². The van der Waals surface area contributed by atoms with Gasteiger partial charge in [0, 0.05) is 43.4 Å². The van der Waals surface area contributed by atoms with Gasteiger partial charge in [-0.05, 0) is 82.2 Å². The van der Waals surface area contributed by atoms with Crippen LogP contribution in [0.25, 0.3) is 0 Å². The molecule has 0 aliphatic rings. The van der Waals surface area contributed by atoms with Gasteiger partial charge in [-0.15, -0.1) is 12.4 Å². The lowest BCUT2D eigenvalue weighted by Gasteiger charge is -2.22. The number of nitrogens with one attached hydrogen (secondary N) is 8. The number of amides is 6. The van der Waals surface area contributed by atoms with Crippen molar-refractivity contribution in [3.8, 4) is 0 Å². The van der Waals surface area contributed by atoms with Crippen LogP contribution < -0.4 is 54.8 Å². The number of benzene rings is 5. The van der Waals surface area contributed by atoms with Crippen LogP contribution in [0.3, 0.4) is 0 Å². The number of nitrogens with zero attached hydrogens (tertiary/aromatic N) is 1. The van der Waals surface area contributed by atoms with Crippen molar-refractivity contribution in [3.05, 3.63) is 178 Å². The lowest BCUT2D eigenvalue weighted by molar-refractivity contribution is -0.140. The molecule has 0 bridgehead atoms. The number of amidine groups is 3. The summed E-state index contributed by atoms with van der Waals surface area (Å²) in [5.74, 6) is -2.97. The van der Waals surface area contributed by atoms with E-state index in [1.165, 1.54) is 0 Å². The Morgan fingerprint density at radius 3 is 1.38 bits per heavy atom. The highest BCUT2D eigenvalue weighted by Gasteiger charge is 2.26. The first-order chi connectivity index (χ1) is 42.0. The number of rotatable bonds is 23. The van der Waals surface area contributed by atoms with Gasteiger partial charge >= 0.3 is 24.2 Å². The lowest BCUT2D eigenvalue weighted by atomic mass is 10.1. The first kappa shape index (κ1) is 78.4. The van der Waals surface area contributed by atoms with Gasteiger partial charge in [-0.25, -0.2) is 32.3 Å². The Balaban J connectivity index is 0.000000649. The Bertz CT molecular complexity index is 3090. The highest BCUT2D eigenvalue weighted by Crippen LogP contribution is 2.11. The predicted molar refractivity (Wildman–Crippen MR) is 339 cm³/mol. The molecular weight excluding hydrogens is 1200 g/mol. The Morgan fingerprint density at radius 2 is 0.967 bits per heavy atom. The second-order valence-corrected chi connectivity index (χ2v) is 21.2. The standard InChI is InChI=1S/C24H29FN4O5.C21H26FN5O2.C9H13N3.C8H14FNO4.ClH/c1-24(2,3)34-23(32)28-19(13-25)21(30)27-14-16-9-11-18(12-10-16)20(26)29-22(31)33-15-17-7-5-4-6-8-17;22-12-18(21(29)26-13-15-6-9-16(10-7-15)19(24)25)27-20(28)17(23)11-8-14-4-2-1-3-5-14;1-12-9(11)8-4-2-7(6-10)3-5-8;1-8(2,3)14-7(13)10-5(4-9)6(11)12;/h4-12,19H,13-15H2,1-3H3,(H,27,30)(H,28,32)(H2,26,29,31);1-7,9-10,17-18H,8,11-13,23H2,(H3,24,25)(H,26,29)(H,27,28);2-5H,6,10H2,1H3,(H2,11,12);5H,4H2,1-3H3,(H,10,13)(H,11,12);1H/t;17-,18?;;;/m.1.../s1. The summed E-state index contributed by atoms with van der Waals surface area (Å²) >= 11 is 0. The number of alkyl carbamates (subject to hydrolysis) is 3. The minimum absolute atomic E-state index is 0. The van der Waals surface area contributed by atoms with Crippen molar-refractivity contribution in [2.24, 2.45) is 27.9 Å². The van der Waals surface area contributed by atoms with Crippen LogP contribution in [0.2, 0.25) is 0 Å². The van der Waals surface area contributed by atoms with Crippen LogP contribution in [0.5, 0.6) is 0 Å². The number of carboxylic acids is 1. The summed E-state index contributed by atoms with van der Waals surface area (Å²) in [5.41, 5.74) is 27.2. The van der Waals surface area contributed by atoms with Crippen molar-refractivity contribution in [2.75, 3.05) is 27.1 Å². The van der Waals surface area contributed by atoms with Crippen molar-refractivity contribution in [2.45, 2.75) is 116 Å². The number of hydrogen-bond donors (Lipinski definition) is 13. The maximum atomic E-state index is 13.3. The number of carbonyl (C=O) groups excluding carboxylic acids is 6. The molecule has 0 aromatic heterocycles. The Labute approximate surface area is 527 Å².